The van der Waals surface area contributed by atoms with E-state index in [2.05, 4.69) is 19.2 Å². The molecule has 2 heteroatoms. The van der Waals surface area contributed by atoms with Gasteiger partial charge in [-0.05, 0) is 32.1 Å². The third-order valence-electron chi connectivity index (χ3n) is 2.54. The Hall–Kier alpha value is -0.0800. The van der Waals surface area contributed by atoms with Gasteiger partial charge in [-0.25, -0.2) is 0 Å². The minimum Gasteiger partial charge on any atom is -0.395 e. The lowest BCUT2D eigenvalue weighted by Crippen LogP contribution is -2.39. The Balaban J connectivity index is 2.15. The van der Waals surface area contributed by atoms with Crippen LogP contribution in [0.15, 0.2) is 0 Å². The van der Waals surface area contributed by atoms with Crippen LogP contribution in [0.25, 0.3) is 0 Å². The van der Waals surface area contributed by atoms with Crippen molar-refractivity contribution >= 4 is 0 Å². The van der Waals surface area contributed by atoms with Crippen molar-refractivity contribution in [1.29, 1.82) is 0 Å². The molecule has 0 aromatic heterocycles. The van der Waals surface area contributed by atoms with Crippen LogP contribution in [0.5, 0.6) is 0 Å². The molecule has 0 aromatic carbocycles. The Labute approximate surface area is 69.0 Å². The van der Waals surface area contributed by atoms with E-state index in [0.717, 1.165) is 12.3 Å². The number of aliphatic hydroxyl groups excluding tert-OH is 1. The van der Waals surface area contributed by atoms with Gasteiger partial charge in [-0.3, -0.25) is 0 Å². The highest BCUT2D eigenvalue weighted by Crippen LogP contribution is 2.32. The number of hydrogen-bond acceptors (Lipinski definition) is 2. The third-order valence-corrected chi connectivity index (χ3v) is 2.54. The molecule has 0 spiro atoms. The van der Waals surface area contributed by atoms with Crippen LogP contribution in [-0.2, 0) is 0 Å². The lowest BCUT2D eigenvalue weighted by Gasteiger charge is -2.19. The van der Waals surface area contributed by atoms with Crippen molar-refractivity contribution in [3.05, 3.63) is 0 Å². The van der Waals surface area contributed by atoms with E-state index in [4.69, 9.17) is 5.11 Å². The standard InChI is InChI=1S/C9H19NO/c1-3-9(6-11)10-7(2)8-4-5-8/h7-11H,3-6H2,1-2H3. The normalized spacial score (nSPS) is 23.2. The van der Waals surface area contributed by atoms with Crippen molar-refractivity contribution in [3.8, 4) is 0 Å². The average Bonchev–Trinajstić information content (AvgIpc) is 2.81. The average molecular weight is 157 g/mol. The fourth-order valence-electron chi connectivity index (χ4n) is 1.40. The second-order valence-electron chi connectivity index (χ2n) is 3.58. The van der Waals surface area contributed by atoms with Gasteiger partial charge in [0.15, 0.2) is 0 Å². The lowest BCUT2D eigenvalue weighted by atomic mass is 10.1. The summed E-state index contributed by atoms with van der Waals surface area (Å²) in [6.45, 7) is 4.59. The molecule has 1 aliphatic carbocycles. The molecule has 0 bridgehead atoms. The molecule has 11 heavy (non-hydrogen) atoms. The Morgan fingerprint density at radius 3 is 2.55 bits per heavy atom. The zero-order chi connectivity index (χ0) is 8.27. The molecule has 0 saturated heterocycles. The highest BCUT2D eigenvalue weighted by Gasteiger charge is 2.28. The van der Waals surface area contributed by atoms with E-state index in [1.807, 2.05) is 0 Å². The van der Waals surface area contributed by atoms with Crippen molar-refractivity contribution in [2.45, 2.75) is 45.2 Å². The van der Waals surface area contributed by atoms with Crippen LogP contribution >= 0.6 is 0 Å². The van der Waals surface area contributed by atoms with E-state index in [-0.39, 0.29) is 6.61 Å². The van der Waals surface area contributed by atoms with Gasteiger partial charge in [0, 0.05) is 12.1 Å². The first-order chi connectivity index (χ1) is 5.27. The zero-order valence-electron chi connectivity index (χ0n) is 7.51. The van der Waals surface area contributed by atoms with Gasteiger partial charge in [0.05, 0.1) is 6.61 Å². The maximum atomic E-state index is 8.91. The van der Waals surface area contributed by atoms with Crippen LogP contribution in [0.3, 0.4) is 0 Å². The molecule has 0 radical (unpaired) electrons. The summed E-state index contributed by atoms with van der Waals surface area (Å²) < 4.78 is 0. The van der Waals surface area contributed by atoms with Crippen molar-refractivity contribution in [1.82, 2.24) is 5.32 Å². The van der Waals surface area contributed by atoms with Crippen LogP contribution < -0.4 is 5.32 Å². The van der Waals surface area contributed by atoms with Gasteiger partial charge in [0.1, 0.15) is 0 Å². The molecule has 1 saturated carbocycles. The molecule has 0 aromatic rings. The summed E-state index contributed by atoms with van der Waals surface area (Å²) in [7, 11) is 0. The number of rotatable bonds is 5. The van der Waals surface area contributed by atoms with Crippen molar-refractivity contribution in [3.63, 3.8) is 0 Å². The molecule has 1 rings (SSSR count). The summed E-state index contributed by atoms with van der Waals surface area (Å²) >= 11 is 0. The zero-order valence-corrected chi connectivity index (χ0v) is 7.51. The monoisotopic (exact) mass is 157 g/mol. The Kier molecular flexibility index (Phi) is 3.34. The summed E-state index contributed by atoms with van der Waals surface area (Å²) in [6, 6.07) is 0.915. The lowest BCUT2D eigenvalue weighted by molar-refractivity contribution is 0.226. The smallest absolute Gasteiger partial charge is 0.0584 e. The van der Waals surface area contributed by atoms with Gasteiger partial charge < -0.3 is 10.4 Å². The molecule has 0 heterocycles. The first-order valence-corrected chi connectivity index (χ1v) is 4.64. The molecular formula is C9H19NO. The summed E-state index contributed by atoms with van der Waals surface area (Å²) in [6.07, 6.45) is 3.76. The Bertz CT molecular complexity index is 108. The number of aliphatic hydroxyl groups is 1. The van der Waals surface area contributed by atoms with Crippen molar-refractivity contribution in [2.75, 3.05) is 6.61 Å². The van der Waals surface area contributed by atoms with E-state index in [1.54, 1.807) is 0 Å². The fourth-order valence-corrected chi connectivity index (χ4v) is 1.40. The van der Waals surface area contributed by atoms with Gasteiger partial charge in [-0.1, -0.05) is 6.92 Å². The van der Waals surface area contributed by atoms with Crippen molar-refractivity contribution in [2.24, 2.45) is 5.92 Å². The minimum absolute atomic E-state index is 0.271. The third kappa shape index (κ3) is 2.80. The van der Waals surface area contributed by atoms with Gasteiger partial charge in [0.2, 0.25) is 0 Å². The van der Waals surface area contributed by atoms with Gasteiger partial charge in [0.25, 0.3) is 0 Å². The molecule has 0 aliphatic heterocycles. The molecule has 2 unspecified atom stereocenters. The van der Waals surface area contributed by atoms with Crippen LogP contribution in [-0.4, -0.2) is 23.8 Å². The number of nitrogens with one attached hydrogen (secondary N) is 1. The summed E-state index contributed by atoms with van der Waals surface area (Å²) in [5.41, 5.74) is 0. The topological polar surface area (TPSA) is 32.3 Å². The molecule has 0 amide bonds. The molecule has 1 fully saturated rings. The molecule has 2 N–H and O–H groups in total. The molecule has 2 nitrogen and oxygen atoms in total. The van der Waals surface area contributed by atoms with E-state index < -0.39 is 0 Å². The van der Waals surface area contributed by atoms with Crippen LogP contribution in [0.1, 0.15) is 33.1 Å². The summed E-state index contributed by atoms with van der Waals surface area (Å²) in [5, 5.41) is 12.3. The van der Waals surface area contributed by atoms with Crippen LogP contribution in [0, 0.1) is 5.92 Å². The highest BCUT2D eigenvalue weighted by molar-refractivity contribution is 4.85. The van der Waals surface area contributed by atoms with Gasteiger partial charge >= 0.3 is 0 Å². The molecule has 2 atom stereocenters. The largest absolute Gasteiger partial charge is 0.395 e. The van der Waals surface area contributed by atoms with E-state index in [0.29, 0.717) is 12.1 Å². The summed E-state index contributed by atoms with van der Waals surface area (Å²) in [4.78, 5) is 0. The van der Waals surface area contributed by atoms with Crippen LogP contribution in [0.4, 0.5) is 0 Å². The molecule has 66 valence electrons. The van der Waals surface area contributed by atoms with Crippen molar-refractivity contribution < 1.29 is 5.11 Å². The second kappa shape index (κ2) is 4.07. The highest BCUT2D eigenvalue weighted by atomic mass is 16.3. The van der Waals surface area contributed by atoms with E-state index in [1.165, 1.54) is 12.8 Å². The van der Waals surface area contributed by atoms with Gasteiger partial charge in [-0.2, -0.15) is 0 Å². The first kappa shape index (κ1) is 9.01. The Morgan fingerprint density at radius 2 is 2.18 bits per heavy atom. The minimum atomic E-state index is 0.271. The van der Waals surface area contributed by atoms with Crippen LogP contribution in [0.2, 0.25) is 0 Å². The molecule has 1 aliphatic rings. The second-order valence-corrected chi connectivity index (χ2v) is 3.58. The predicted molar refractivity (Wildman–Crippen MR) is 46.5 cm³/mol. The first-order valence-electron chi connectivity index (χ1n) is 4.64. The maximum Gasteiger partial charge on any atom is 0.0584 e. The van der Waals surface area contributed by atoms with E-state index >= 15 is 0 Å². The maximum absolute atomic E-state index is 8.91. The predicted octanol–water partition coefficient (Wildman–Crippen LogP) is 1.15. The Morgan fingerprint density at radius 1 is 1.55 bits per heavy atom. The van der Waals surface area contributed by atoms with Gasteiger partial charge in [-0.15, -0.1) is 0 Å². The summed E-state index contributed by atoms with van der Waals surface area (Å²) in [5.74, 6) is 0.885. The SMILES string of the molecule is CCC(CO)NC(C)C1CC1. The fraction of sp³-hybridized carbons (Fsp3) is 1.00. The van der Waals surface area contributed by atoms with E-state index in [9.17, 15) is 0 Å². The quantitative estimate of drug-likeness (QED) is 0.627. The molecular weight excluding hydrogens is 138 g/mol. The number of hydrogen-bond donors (Lipinski definition) is 2.